The number of nitrogens with one attached hydrogen (secondary N) is 1. The molecule has 0 amide bonds. The average Bonchev–Trinajstić information content (AvgIpc) is 2.80. The number of sulfonamides is 1. The van der Waals surface area contributed by atoms with Gasteiger partial charge < -0.3 is 9.52 Å². The molecule has 1 aromatic rings. The van der Waals surface area contributed by atoms with Crippen molar-refractivity contribution in [3.05, 3.63) is 16.5 Å². The van der Waals surface area contributed by atoms with E-state index in [4.69, 9.17) is 9.52 Å². The highest BCUT2D eigenvalue weighted by Gasteiger charge is 2.25. The second-order valence-corrected chi connectivity index (χ2v) is 7.94. The summed E-state index contributed by atoms with van der Waals surface area (Å²) in [6, 6.07) is 1.34. The second kappa shape index (κ2) is 6.60. The predicted molar refractivity (Wildman–Crippen MR) is 78.6 cm³/mol. The number of halogens is 1. The van der Waals surface area contributed by atoms with E-state index in [2.05, 4.69) is 27.6 Å². The molecule has 1 heterocycles. The van der Waals surface area contributed by atoms with Crippen LogP contribution in [0.3, 0.4) is 0 Å². The molecule has 7 heteroatoms. The van der Waals surface area contributed by atoms with Crippen LogP contribution in [0.1, 0.15) is 38.4 Å². The first kappa shape index (κ1) is 16.0. The molecule has 20 heavy (non-hydrogen) atoms. The smallest absolute Gasteiger partial charge is 0.244 e. The first-order chi connectivity index (χ1) is 9.42. The molecule has 5 nitrogen and oxygen atoms in total. The zero-order valence-electron chi connectivity index (χ0n) is 11.4. The Morgan fingerprint density at radius 3 is 2.60 bits per heavy atom. The lowest BCUT2D eigenvalue weighted by Gasteiger charge is -2.26. The molecule has 0 aliphatic heterocycles. The summed E-state index contributed by atoms with van der Waals surface area (Å²) in [7, 11) is -3.59. The van der Waals surface area contributed by atoms with Gasteiger partial charge in [-0.15, -0.1) is 0 Å². The SMILES string of the molecule is CC1CCC(CNS(=O)(=O)c2cc(CO)oc2Br)CC1. The predicted octanol–water partition coefficient (Wildman–Crippen LogP) is 2.64. The molecule has 0 aromatic carbocycles. The number of hydrogen-bond donors (Lipinski definition) is 2. The average molecular weight is 366 g/mol. The van der Waals surface area contributed by atoms with E-state index in [-0.39, 0.29) is 21.9 Å². The van der Waals surface area contributed by atoms with Crippen molar-refractivity contribution in [3.8, 4) is 0 Å². The van der Waals surface area contributed by atoms with Crippen LogP contribution in [0.5, 0.6) is 0 Å². The maximum absolute atomic E-state index is 12.2. The molecule has 0 bridgehead atoms. The molecule has 1 fully saturated rings. The third kappa shape index (κ3) is 3.84. The molecular formula is C13H20BrNO4S. The normalized spacial score (nSPS) is 23.9. The van der Waals surface area contributed by atoms with E-state index in [1.165, 1.54) is 6.07 Å². The molecule has 0 unspecified atom stereocenters. The van der Waals surface area contributed by atoms with Crippen molar-refractivity contribution < 1.29 is 17.9 Å². The maximum atomic E-state index is 12.2. The summed E-state index contributed by atoms with van der Waals surface area (Å²) in [5, 5.41) is 8.97. The quantitative estimate of drug-likeness (QED) is 0.840. The van der Waals surface area contributed by atoms with E-state index in [1.807, 2.05) is 0 Å². The van der Waals surface area contributed by atoms with Gasteiger partial charge in [0.1, 0.15) is 17.3 Å². The molecule has 1 aromatic heterocycles. The molecule has 2 rings (SSSR count). The molecule has 114 valence electrons. The monoisotopic (exact) mass is 365 g/mol. The van der Waals surface area contributed by atoms with Crippen molar-refractivity contribution in [1.29, 1.82) is 0 Å². The Morgan fingerprint density at radius 1 is 1.40 bits per heavy atom. The number of hydrogen-bond acceptors (Lipinski definition) is 4. The molecule has 1 aliphatic carbocycles. The highest BCUT2D eigenvalue weighted by molar-refractivity contribution is 9.10. The Kier molecular flexibility index (Phi) is 5.28. The van der Waals surface area contributed by atoms with Crippen LogP contribution >= 0.6 is 15.9 Å². The Bertz CT molecular complexity index is 547. The van der Waals surface area contributed by atoms with Gasteiger partial charge in [-0.1, -0.05) is 19.8 Å². The minimum atomic E-state index is -3.59. The fraction of sp³-hybridized carbons (Fsp3) is 0.692. The fourth-order valence-electron chi connectivity index (χ4n) is 2.50. The Hall–Kier alpha value is -0.370. The van der Waals surface area contributed by atoms with Crippen LogP contribution < -0.4 is 4.72 Å². The summed E-state index contributed by atoms with van der Waals surface area (Å²) in [4.78, 5) is 0.0470. The van der Waals surface area contributed by atoms with E-state index >= 15 is 0 Å². The van der Waals surface area contributed by atoms with Crippen molar-refractivity contribution in [2.45, 2.75) is 44.1 Å². The summed E-state index contributed by atoms with van der Waals surface area (Å²) in [5.41, 5.74) is 0. The van der Waals surface area contributed by atoms with E-state index in [1.54, 1.807) is 0 Å². The lowest BCUT2D eigenvalue weighted by atomic mass is 9.83. The van der Waals surface area contributed by atoms with Crippen LogP contribution in [0.15, 0.2) is 20.0 Å². The van der Waals surface area contributed by atoms with Gasteiger partial charge in [0.25, 0.3) is 0 Å². The minimum absolute atomic E-state index is 0.0470. The van der Waals surface area contributed by atoms with Crippen molar-refractivity contribution in [2.24, 2.45) is 11.8 Å². The summed E-state index contributed by atoms with van der Waals surface area (Å²) >= 11 is 3.07. The maximum Gasteiger partial charge on any atom is 0.244 e. The topological polar surface area (TPSA) is 79.5 Å². The van der Waals surface area contributed by atoms with Crippen LogP contribution in [-0.2, 0) is 16.6 Å². The van der Waals surface area contributed by atoms with Crippen LogP contribution in [0.25, 0.3) is 0 Å². The summed E-state index contributed by atoms with van der Waals surface area (Å²) in [6.07, 6.45) is 4.46. The van der Waals surface area contributed by atoms with Crippen molar-refractivity contribution in [2.75, 3.05) is 6.54 Å². The molecular weight excluding hydrogens is 346 g/mol. The Morgan fingerprint density at radius 2 is 2.05 bits per heavy atom. The van der Waals surface area contributed by atoms with E-state index in [0.29, 0.717) is 12.5 Å². The first-order valence-corrected chi connectivity index (χ1v) is 9.08. The Balaban J connectivity index is 1.98. The highest BCUT2D eigenvalue weighted by Crippen LogP contribution is 2.29. The van der Waals surface area contributed by atoms with Gasteiger partial charge in [0.15, 0.2) is 4.67 Å². The van der Waals surface area contributed by atoms with Gasteiger partial charge in [0.05, 0.1) is 0 Å². The molecule has 1 saturated carbocycles. The van der Waals surface area contributed by atoms with Gasteiger partial charge in [-0.25, -0.2) is 13.1 Å². The van der Waals surface area contributed by atoms with E-state index < -0.39 is 10.0 Å². The van der Waals surface area contributed by atoms with Crippen molar-refractivity contribution in [1.82, 2.24) is 4.72 Å². The number of furan rings is 1. The van der Waals surface area contributed by atoms with Crippen molar-refractivity contribution in [3.63, 3.8) is 0 Å². The fourth-order valence-corrected chi connectivity index (χ4v) is 4.61. The third-order valence-electron chi connectivity index (χ3n) is 3.85. The van der Waals surface area contributed by atoms with E-state index in [0.717, 1.165) is 31.6 Å². The number of aliphatic hydroxyl groups excluding tert-OH is 1. The minimum Gasteiger partial charge on any atom is -0.450 e. The van der Waals surface area contributed by atoms with Gasteiger partial charge in [-0.3, -0.25) is 0 Å². The van der Waals surface area contributed by atoms with Crippen LogP contribution in [0, 0.1) is 11.8 Å². The largest absolute Gasteiger partial charge is 0.450 e. The van der Waals surface area contributed by atoms with Gasteiger partial charge in [0, 0.05) is 12.6 Å². The van der Waals surface area contributed by atoms with E-state index in [9.17, 15) is 8.42 Å². The lowest BCUT2D eigenvalue weighted by Crippen LogP contribution is -2.31. The Labute approximate surface area is 127 Å². The van der Waals surface area contributed by atoms with Crippen LogP contribution in [-0.4, -0.2) is 20.1 Å². The summed E-state index contributed by atoms with van der Waals surface area (Å²) < 4.78 is 32.3. The zero-order valence-corrected chi connectivity index (χ0v) is 13.8. The number of aliphatic hydroxyl groups is 1. The van der Waals surface area contributed by atoms with Crippen LogP contribution in [0.4, 0.5) is 0 Å². The lowest BCUT2D eigenvalue weighted by molar-refractivity contribution is 0.245. The second-order valence-electron chi connectivity index (χ2n) is 5.49. The first-order valence-electron chi connectivity index (χ1n) is 6.81. The summed E-state index contributed by atoms with van der Waals surface area (Å²) in [5.74, 6) is 1.38. The summed E-state index contributed by atoms with van der Waals surface area (Å²) in [6.45, 7) is 2.37. The molecule has 0 saturated heterocycles. The molecule has 1 aliphatic rings. The van der Waals surface area contributed by atoms with Crippen molar-refractivity contribution >= 4 is 26.0 Å². The van der Waals surface area contributed by atoms with Gasteiger partial charge in [-0.2, -0.15) is 0 Å². The highest BCUT2D eigenvalue weighted by atomic mass is 79.9. The molecule has 0 spiro atoms. The molecule has 0 atom stereocenters. The third-order valence-corrected chi connectivity index (χ3v) is 6.13. The standard InChI is InChI=1S/C13H20BrNO4S/c1-9-2-4-10(5-3-9)7-15-20(17,18)12-6-11(8-16)19-13(12)14/h6,9-10,15-16H,2-5,7-8H2,1H3. The zero-order chi connectivity index (χ0) is 14.8. The molecule has 2 N–H and O–H groups in total. The van der Waals surface area contributed by atoms with Gasteiger partial charge in [-0.05, 0) is 40.6 Å². The number of rotatable bonds is 5. The van der Waals surface area contributed by atoms with Gasteiger partial charge in [0.2, 0.25) is 10.0 Å². The molecule has 0 radical (unpaired) electrons. The van der Waals surface area contributed by atoms with Crippen LogP contribution in [0.2, 0.25) is 0 Å². The van der Waals surface area contributed by atoms with Gasteiger partial charge >= 0.3 is 0 Å².